The second-order valence-electron chi connectivity index (χ2n) is 8.73. The Balaban J connectivity index is 1.42. The molecule has 0 aliphatic rings. The van der Waals surface area contributed by atoms with Gasteiger partial charge in [0.15, 0.2) is 0 Å². The molecular formula is C33H29N3. The van der Waals surface area contributed by atoms with E-state index in [2.05, 4.69) is 115 Å². The van der Waals surface area contributed by atoms with Gasteiger partial charge in [0.2, 0.25) is 0 Å². The fraction of sp³-hybridized carbons (Fsp3) is 0.0606. The van der Waals surface area contributed by atoms with Gasteiger partial charge in [-0.3, -0.25) is 0 Å². The Labute approximate surface area is 213 Å². The third kappa shape index (κ3) is 5.70. The van der Waals surface area contributed by atoms with Gasteiger partial charge >= 0.3 is 0 Å². The van der Waals surface area contributed by atoms with Crippen LogP contribution in [-0.4, -0.2) is 6.21 Å². The van der Waals surface area contributed by atoms with E-state index < -0.39 is 0 Å². The summed E-state index contributed by atoms with van der Waals surface area (Å²) in [6.45, 7) is 2.92. The highest BCUT2D eigenvalue weighted by molar-refractivity contribution is 5.83. The summed E-state index contributed by atoms with van der Waals surface area (Å²) in [5.74, 6) is 0. The van der Waals surface area contributed by atoms with Crippen molar-refractivity contribution in [3.63, 3.8) is 0 Å². The summed E-state index contributed by atoms with van der Waals surface area (Å²) in [4.78, 5) is 2.34. The number of rotatable bonds is 8. The van der Waals surface area contributed by atoms with Gasteiger partial charge in [0.05, 0.1) is 17.6 Å². The molecule has 36 heavy (non-hydrogen) atoms. The zero-order valence-corrected chi connectivity index (χ0v) is 20.4. The normalized spacial score (nSPS) is 10.9. The molecule has 0 atom stereocenters. The van der Waals surface area contributed by atoms with Crippen LogP contribution in [0.25, 0.3) is 0 Å². The van der Waals surface area contributed by atoms with Crippen LogP contribution in [0.15, 0.2) is 145 Å². The highest BCUT2D eigenvalue weighted by Crippen LogP contribution is 2.29. The zero-order valence-electron chi connectivity index (χ0n) is 20.4. The summed E-state index contributed by atoms with van der Waals surface area (Å²) in [5, 5.41) is 6.80. The first-order valence-electron chi connectivity index (χ1n) is 12.2. The van der Waals surface area contributed by atoms with Crippen LogP contribution in [0.5, 0.6) is 0 Å². The second kappa shape index (κ2) is 11.2. The minimum atomic E-state index is 0.799. The Morgan fingerprint density at radius 3 is 1.53 bits per heavy atom. The number of para-hydroxylation sites is 2. The molecule has 0 bridgehead atoms. The summed E-state index contributed by atoms with van der Waals surface area (Å²) in [6, 6.07) is 48.3. The maximum absolute atomic E-state index is 4.84. The first kappa shape index (κ1) is 23.1. The number of hydrogen-bond donors (Lipinski definition) is 0. The van der Waals surface area contributed by atoms with E-state index in [1.807, 2.05) is 47.6 Å². The first-order valence-corrected chi connectivity index (χ1v) is 12.2. The van der Waals surface area contributed by atoms with Crippen LogP contribution in [-0.2, 0) is 6.54 Å². The molecular weight excluding hydrogens is 438 g/mol. The smallest absolute Gasteiger partial charge is 0.0652 e. The zero-order chi connectivity index (χ0) is 24.6. The number of nitrogens with zero attached hydrogens (tertiary/aromatic N) is 3. The Morgan fingerprint density at radius 2 is 1.00 bits per heavy atom. The third-order valence-corrected chi connectivity index (χ3v) is 6.06. The standard InChI is InChI=1S/C33H29N3/c1-27-17-21-30(22-18-27)35(26-29-11-5-2-6-12-29)31-23-19-28(20-24-31)25-34-36(32-13-7-3-8-14-32)33-15-9-4-10-16-33/h2-25H,26H2,1H3/b34-25+. The molecule has 5 aromatic carbocycles. The van der Waals surface area contributed by atoms with Gasteiger partial charge < -0.3 is 4.90 Å². The lowest BCUT2D eigenvalue weighted by Crippen LogP contribution is -2.16. The average Bonchev–Trinajstić information content (AvgIpc) is 2.95. The van der Waals surface area contributed by atoms with Gasteiger partial charge in [-0.25, -0.2) is 5.01 Å². The van der Waals surface area contributed by atoms with E-state index in [1.54, 1.807) is 0 Å². The highest BCUT2D eigenvalue weighted by atomic mass is 15.5. The van der Waals surface area contributed by atoms with Crippen LogP contribution in [0.4, 0.5) is 22.7 Å². The minimum absolute atomic E-state index is 0.799. The van der Waals surface area contributed by atoms with Gasteiger partial charge in [-0.15, -0.1) is 0 Å². The lowest BCUT2D eigenvalue weighted by atomic mass is 10.1. The molecule has 0 saturated carbocycles. The van der Waals surface area contributed by atoms with Crippen LogP contribution >= 0.6 is 0 Å². The summed E-state index contributed by atoms with van der Waals surface area (Å²) in [5.41, 5.74) is 7.92. The van der Waals surface area contributed by atoms with Crippen molar-refractivity contribution in [2.45, 2.75) is 13.5 Å². The molecule has 3 nitrogen and oxygen atoms in total. The topological polar surface area (TPSA) is 18.8 Å². The minimum Gasteiger partial charge on any atom is -0.337 e. The van der Waals surface area contributed by atoms with E-state index in [1.165, 1.54) is 16.8 Å². The van der Waals surface area contributed by atoms with Crippen molar-refractivity contribution in [2.24, 2.45) is 5.10 Å². The Kier molecular flexibility index (Phi) is 7.19. The molecule has 0 saturated heterocycles. The highest BCUT2D eigenvalue weighted by Gasteiger charge is 2.11. The van der Waals surface area contributed by atoms with Crippen LogP contribution in [0.1, 0.15) is 16.7 Å². The van der Waals surface area contributed by atoms with Crippen molar-refractivity contribution in [3.05, 3.63) is 156 Å². The van der Waals surface area contributed by atoms with Crippen LogP contribution < -0.4 is 9.91 Å². The molecule has 0 N–H and O–H groups in total. The van der Waals surface area contributed by atoms with Crippen molar-refractivity contribution in [1.29, 1.82) is 0 Å². The Bertz CT molecular complexity index is 1340. The van der Waals surface area contributed by atoms with E-state index in [0.29, 0.717) is 0 Å². The van der Waals surface area contributed by atoms with Crippen molar-refractivity contribution in [3.8, 4) is 0 Å². The van der Waals surface area contributed by atoms with Gasteiger partial charge in [-0.1, -0.05) is 96.6 Å². The second-order valence-corrected chi connectivity index (χ2v) is 8.73. The fourth-order valence-corrected chi connectivity index (χ4v) is 4.11. The van der Waals surface area contributed by atoms with Gasteiger partial charge in [0.1, 0.15) is 0 Å². The SMILES string of the molecule is Cc1ccc(N(Cc2ccccc2)c2ccc(/C=N/N(c3ccccc3)c3ccccc3)cc2)cc1. The number of hydrogen-bond acceptors (Lipinski definition) is 3. The molecule has 0 unspecified atom stereocenters. The molecule has 0 radical (unpaired) electrons. The van der Waals surface area contributed by atoms with Crippen LogP contribution in [0.2, 0.25) is 0 Å². The van der Waals surface area contributed by atoms with Crippen molar-refractivity contribution >= 4 is 29.0 Å². The van der Waals surface area contributed by atoms with Crippen LogP contribution in [0, 0.1) is 6.92 Å². The predicted molar refractivity (Wildman–Crippen MR) is 153 cm³/mol. The van der Waals surface area contributed by atoms with E-state index in [4.69, 9.17) is 5.10 Å². The van der Waals surface area contributed by atoms with Gasteiger partial charge in [-0.2, -0.15) is 5.10 Å². The maximum atomic E-state index is 4.84. The maximum Gasteiger partial charge on any atom is 0.0652 e. The molecule has 3 heteroatoms. The molecule has 0 aliphatic carbocycles. The van der Waals surface area contributed by atoms with Crippen molar-refractivity contribution < 1.29 is 0 Å². The van der Waals surface area contributed by atoms with E-state index in [9.17, 15) is 0 Å². The number of aryl methyl sites for hydroxylation is 1. The molecule has 0 aromatic heterocycles. The molecule has 0 spiro atoms. The summed E-state index contributed by atoms with van der Waals surface area (Å²) >= 11 is 0. The largest absolute Gasteiger partial charge is 0.337 e. The molecule has 5 rings (SSSR count). The molecule has 0 aliphatic heterocycles. The third-order valence-electron chi connectivity index (χ3n) is 6.06. The lowest BCUT2D eigenvalue weighted by Gasteiger charge is -2.25. The van der Waals surface area contributed by atoms with E-state index >= 15 is 0 Å². The predicted octanol–water partition coefficient (Wildman–Crippen LogP) is 8.51. The molecule has 0 heterocycles. The van der Waals surface area contributed by atoms with Crippen molar-refractivity contribution in [1.82, 2.24) is 0 Å². The average molecular weight is 468 g/mol. The van der Waals surface area contributed by atoms with Gasteiger partial charge in [0.25, 0.3) is 0 Å². The van der Waals surface area contributed by atoms with E-state index in [-0.39, 0.29) is 0 Å². The monoisotopic (exact) mass is 467 g/mol. The molecule has 0 fully saturated rings. The number of benzene rings is 5. The van der Waals surface area contributed by atoms with Crippen LogP contribution in [0.3, 0.4) is 0 Å². The summed E-state index contributed by atoms with van der Waals surface area (Å²) in [6.07, 6.45) is 1.91. The van der Waals surface area contributed by atoms with Crippen molar-refractivity contribution in [2.75, 3.05) is 9.91 Å². The Hall–Kier alpha value is -4.63. The van der Waals surface area contributed by atoms with E-state index in [0.717, 1.165) is 29.2 Å². The van der Waals surface area contributed by atoms with Gasteiger partial charge in [0, 0.05) is 17.9 Å². The number of anilines is 4. The molecule has 176 valence electrons. The van der Waals surface area contributed by atoms with Gasteiger partial charge in [-0.05, 0) is 66.6 Å². The number of hydrazone groups is 1. The Morgan fingerprint density at radius 1 is 0.528 bits per heavy atom. The fourth-order valence-electron chi connectivity index (χ4n) is 4.11. The lowest BCUT2D eigenvalue weighted by molar-refractivity contribution is 0.975. The summed E-state index contributed by atoms with van der Waals surface area (Å²) in [7, 11) is 0. The molecule has 5 aromatic rings. The molecule has 0 amide bonds. The quantitative estimate of drug-likeness (QED) is 0.168. The summed E-state index contributed by atoms with van der Waals surface area (Å²) < 4.78 is 0. The first-order chi connectivity index (χ1) is 17.8.